The van der Waals surface area contributed by atoms with Gasteiger partial charge in [-0.25, -0.2) is 14.8 Å². The predicted octanol–water partition coefficient (Wildman–Crippen LogP) is 3.55. The highest BCUT2D eigenvalue weighted by Gasteiger charge is 2.38. The zero-order valence-corrected chi connectivity index (χ0v) is 19.6. The van der Waals surface area contributed by atoms with E-state index in [0.717, 1.165) is 35.5 Å². The number of anilines is 2. The topological polar surface area (TPSA) is 99.1 Å². The van der Waals surface area contributed by atoms with Crippen molar-refractivity contribution in [3.8, 4) is 11.1 Å². The Morgan fingerprint density at radius 1 is 1.15 bits per heavy atom. The van der Waals surface area contributed by atoms with E-state index in [2.05, 4.69) is 14.9 Å². The molecule has 1 fully saturated rings. The van der Waals surface area contributed by atoms with E-state index in [9.17, 15) is 14.7 Å². The average Bonchev–Trinajstić information content (AvgIpc) is 2.79. The Bertz CT molecular complexity index is 1020. The minimum atomic E-state index is -0.965. The third-order valence-corrected chi connectivity index (χ3v) is 6.37. The van der Waals surface area contributed by atoms with Gasteiger partial charge in [0.25, 0.3) is 0 Å². The van der Waals surface area contributed by atoms with Crippen LogP contribution in [0.3, 0.4) is 0 Å². The molecule has 1 aromatic carbocycles. The van der Waals surface area contributed by atoms with Crippen molar-refractivity contribution in [3.63, 3.8) is 0 Å². The van der Waals surface area contributed by atoms with Gasteiger partial charge in [0.15, 0.2) is 0 Å². The van der Waals surface area contributed by atoms with Crippen molar-refractivity contribution in [2.24, 2.45) is 0 Å². The number of nitrogens with zero attached hydrogens (tertiary/aromatic N) is 5. The molecule has 4 rings (SSSR count). The third-order valence-electron chi connectivity index (χ3n) is 6.37. The van der Waals surface area contributed by atoms with Gasteiger partial charge >= 0.3 is 6.09 Å². The van der Waals surface area contributed by atoms with Gasteiger partial charge < -0.3 is 19.6 Å². The second kappa shape index (κ2) is 9.35. The number of carbonyl (C=O) groups is 2. The van der Waals surface area contributed by atoms with Gasteiger partial charge in [0, 0.05) is 55.7 Å². The van der Waals surface area contributed by atoms with Gasteiger partial charge in [-0.3, -0.25) is 9.69 Å². The summed E-state index contributed by atoms with van der Waals surface area (Å²) in [6.07, 6.45) is 3.15. The molecule has 2 atom stereocenters. The molecule has 176 valence electrons. The molecule has 2 aromatic rings. The largest absolute Gasteiger partial charge is 0.465 e. The average molecular weight is 454 g/mol. The number of hydrogen-bond acceptors (Lipinski definition) is 6. The summed E-state index contributed by atoms with van der Waals surface area (Å²) < 4.78 is 5.39. The van der Waals surface area contributed by atoms with E-state index in [1.54, 1.807) is 24.2 Å². The number of carboxylic acid groups (broad SMARTS) is 1. The highest BCUT2D eigenvalue weighted by molar-refractivity contribution is 5.94. The third kappa shape index (κ3) is 4.50. The Balaban J connectivity index is 1.73. The van der Waals surface area contributed by atoms with E-state index in [0.29, 0.717) is 25.6 Å². The van der Waals surface area contributed by atoms with E-state index in [4.69, 9.17) is 4.74 Å². The van der Waals surface area contributed by atoms with Gasteiger partial charge in [-0.2, -0.15) is 0 Å². The molecule has 33 heavy (non-hydrogen) atoms. The summed E-state index contributed by atoms with van der Waals surface area (Å²) in [5.41, 5.74) is 3.31. The Hall–Kier alpha value is -3.20. The molecule has 2 amide bonds. The second-order valence-corrected chi connectivity index (χ2v) is 8.92. The van der Waals surface area contributed by atoms with Gasteiger partial charge in [-0.1, -0.05) is 6.07 Å². The standard InChI is InChI=1S/C24H31N5O4/c1-15(2)28(24(31)32)22-11-16(3)29(17(4)30)21-6-5-18(12-20(21)22)19-13-25-23(26-14-19)27-7-9-33-10-8-27/h5-6,12-16,22H,7-11H2,1-4H3,(H,31,32)/t16-,22+/m0/s1. The van der Waals surface area contributed by atoms with E-state index < -0.39 is 6.09 Å². The summed E-state index contributed by atoms with van der Waals surface area (Å²) in [6, 6.07) is 5.17. The van der Waals surface area contributed by atoms with E-state index >= 15 is 0 Å². The van der Waals surface area contributed by atoms with Crippen LogP contribution in [0.15, 0.2) is 30.6 Å². The number of aromatic nitrogens is 2. The molecule has 2 aliphatic heterocycles. The number of carbonyl (C=O) groups excluding carboxylic acids is 1. The highest BCUT2D eigenvalue weighted by atomic mass is 16.5. The lowest BCUT2D eigenvalue weighted by atomic mass is 9.88. The molecule has 0 radical (unpaired) electrons. The summed E-state index contributed by atoms with van der Waals surface area (Å²) in [7, 11) is 0. The molecule has 2 aliphatic rings. The zero-order chi connectivity index (χ0) is 23.7. The summed E-state index contributed by atoms with van der Waals surface area (Å²) in [6.45, 7) is 10.1. The van der Waals surface area contributed by atoms with Crippen LogP contribution in [0.25, 0.3) is 11.1 Å². The minimum Gasteiger partial charge on any atom is -0.465 e. The van der Waals surface area contributed by atoms with Crippen molar-refractivity contribution in [1.82, 2.24) is 14.9 Å². The number of morpholine rings is 1. The number of amides is 2. The molecule has 1 aromatic heterocycles. The van der Waals surface area contributed by atoms with Crippen LogP contribution in [0.5, 0.6) is 0 Å². The lowest BCUT2D eigenvalue weighted by Crippen LogP contribution is -2.48. The van der Waals surface area contributed by atoms with Gasteiger partial charge in [0.1, 0.15) is 0 Å². The Morgan fingerprint density at radius 2 is 1.82 bits per heavy atom. The lowest BCUT2D eigenvalue weighted by molar-refractivity contribution is -0.117. The molecule has 9 heteroatoms. The molecule has 1 saturated heterocycles. The number of benzene rings is 1. The van der Waals surface area contributed by atoms with Crippen LogP contribution >= 0.6 is 0 Å². The van der Waals surface area contributed by atoms with E-state index in [1.807, 2.05) is 39.0 Å². The van der Waals surface area contributed by atoms with Crippen molar-refractivity contribution in [2.45, 2.75) is 52.2 Å². The fourth-order valence-corrected chi connectivity index (χ4v) is 4.87. The molecular formula is C24H31N5O4. The maximum absolute atomic E-state index is 12.4. The summed E-state index contributed by atoms with van der Waals surface area (Å²) >= 11 is 0. The maximum atomic E-state index is 12.4. The first-order valence-electron chi connectivity index (χ1n) is 11.4. The Labute approximate surface area is 194 Å². The van der Waals surface area contributed by atoms with Crippen molar-refractivity contribution in [2.75, 3.05) is 36.1 Å². The molecule has 0 spiro atoms. The fourth-order valence-electron chi connectivity index (χ4n) is 4.87. The van der Waals surface area contributed by atoms with Crippen LogP contribution < -0.4 is 9.80 Å². The summed E-state index contributed by atoms with van der Waals surface area (Å²) in [5, 5.41) is 9.94. The zero-order valence-electron chi connectivity index (χ0n) is 19.6. The number of ether oxygens (including phenoxy) is 1. The highest BCUT2D eigenvalue weighted by Crippen LogP contribution is 2.43. The molecular weight excluding hydrogens is 422 g/mol. The van der Waals surface area contributed by atoms with Gasteiger partial charge in [0.2, 0.25) is 11.9 Å². The second-order valence-electron chi connectivity index (χ2n) is 8.92. The quantitative estimate of drug-likeness (QED) is 0.756. The predicted molar refractivity (Wildman–Crippen MR) is 125 cm³/mol. The Morgan fingerprint density at radius 3 is 2.39 bits per heavy atom. The first-order chi connectivity index (χ1) is 15.8. The van der Waals surface area contributed by atoms with Crippen LogP contribution in [0.1, 0.15) is 45.7 Å². The molecule has 0 aliphatic carbocycles. The number of hydrogen-bond donors (Lipinski definition) is 1. The molecule has 3 heterocycles. The van der Waals surface area contributed by atoms with Crippen molar-refractivity contribution < 1.29 is 19.4 Å². The van der Waals surface area contributed by atoms with E-state index in [-0.39, 0.29) is 24.0 Å². The maximum Gasteiger partial charge on any atom is 0.408 e. The fraction of sp³-hybridized carbons (Fsp3) is 0.500. The smallest absolute Gasteiger partial charge is 0.408 e. The molecule has 1 N–H and O–H groups in total. The van der Waals surface area contributed by atoms with Gasteiger partial charge in [0.05, 0.1) is 19.3 Å². The number of fused-ring (bicyclic) bond motifs is 1. The lowest BCUT2D eigenvalue weighted by Gasteiger charge is -2.43. The molecule has 0 saturated carbocycles. The summed E-state index contributed by atoms with van der Waals surface area (Å²) in [5.74, 6) is 0.617. The van der Waals surface area contributed by atoms with E-state index in [1.165, 1.54) is 4.90 Å². The molecule has 9 nitrogen and oxygen atoms in total. The Kier molecular flexibility index (Phi) is 6.51. The van der Waals surface area contributed by atoms with Crippen molar-refractivity contribution in [1.29, 1.82) is 0 Å². The van der Waals surface area contributed by atoms with Gasteiger partial charge in [-0.05, 0) is 50.5 Å². The van der Waals surface area contributed by atoms with Crippen LogP contribution in [0.2, 0.25) is 0 Å². The first kappa shape index (κ1) is 23.0. The SMILES string of the molecule is CC(=O)N1c2ccc(-c3cnc(N4CCOCC4)nc3)cc2[C@H](N(C(=O)O)C(C)C)C[C@@H]1C. The van der Waals surface area contributed by atoms with Crippen LogP contribution in [0, 0.1) is 0 Å². The molecule has 0 unspecified atom stereocenters. The minimum absolute atomic E-state index is 0.0560. The van der Waals surface area contributed by atoms with Crippen LogP contribution in [-0.4, -0.2) is 70.4 Å². The van der Waals surface area contributed by atoms with Crippen molar-refractivity contribution in [3.05, 3.63) is 36.2 Å². The van der Waals surface area contributed by atoms with Crippen molar-refractivity contribution >= 4 is 23.6 Å². The monoisotopic (exact) mass is 453 g/mol. The van der Waals surface area contributed by atoms with Gasteiger partial charge in [-0.15, -0.1) is 0 Å². The summed E-state index contributed by atoms with van der Waals surface area (Å²) in [4.78, 5) is 39.0. The number of rotatable bonds is 4. The van der Waals surface area contributed by atoms with Crippen LogP contribution in [0.4, 0.5) is 16.4 Å². The normalized spacial score (nSPS) is 20.5. The van der Waals surface area contributed by atoms with Crippen LogP contribution in [-0.2, 0) is 9.53 Å². The molecule has 0 bridgehead atoms. The first-order valence-corrected chi connectivity index (χ1v) is 11.4.